The van der Waals surface area contributed by atoms with Crippen molar-refractivity contribution < 1.29 is 9.90 Å². The van der Waals surface area contributed by atoms with Gasteiger partial charge in [0.1, 0.15) is 0 Å². The van der Waals surface area contributed by atoms with Crippen LogP contribution in [0.1, 0.15) is 39.0 Å². The Bertz CT molecular complexity index is 215. The lowest BCUT2D eigenvalue weighted by atomic mass is 10.0. The Morgan fingerprint density at radius 3 is 3.06 bits per heavy atom. The molecule has 0 saturated carbocycles. The van der Waals surface area contributed by atoms with Crippen molar-refractivity contribution in [3.63, 3.8) is 0 Å². The van der Waals surface area contributed by atoms with Crippen LogP contribution in [0, 0.1) is 11.8 Å². The van der Waals surface area contributed by atoms with E-state index in [1.54, 1.807) is 0 Å². The van der Waals surface area contributed by atoms with Crippen LogP contribution < -0.4 is 10.6 Å². The molecule has 2 unspecified atom stereocenters. The highest BCUT2D eigenvalue weighted by molar-refractivity contribution is 5.75. The van der Waals surface area contributed by atoms with E-state index in [4.69, 9.17) is 5.11 Å². The molecular formula is C13H26N2O2. The fraction of sp³-hybridized carbons (Fsp3) is 0.923. The molecule has 0 aliphatic carbocycles. The summed E-state index contributed by atoms with van der Waals surface area (Å²) in [7, 11) is 0. The molecule has 3 N–H and O–H groups in total. The summed E-state index contributed by atoms with van der Waals surface area (Å²) >= 11 is 0. The fourth-order valence-electron chi connectivity index (χ4n) is 2.15. The number of rotatable bonds is 8. The minimum atomic E-state index is 0.175. The zero-order chi connectivity index (χ0) is 12.5. The van der Waals surface area contributed by atoms with Gasteiger partial charge in [0.05, 0.1) is 0 Å². The molecule has 17 heavy (non-hydrogen) atoms. The maximum absolute atomic E-state index is 11.5. The number of nitrogens with one attached hydrogen (secondary N) is 2. The third kappa shape index (κ3) is 6.64. The number of aliphatic hydroxyl groups is 1. The van der Waals surface area contributed by atoms with Crippen LogP contribution in [-0.2, 0) is 4.79 Å². The van der Waals surface area contributed by atoms with E-state index >= 15 is 0 Å². The fourth-order valence-corrected chi connectivity index (χ4v) is 2.15. The average molecular weight is 242 g/mol. The topological polar surface area (TPSA) is 61.4 Å². The summed E-state index contributed by atoms with van der Waals surface area (Å²) in [4.78, 5) is 11.5. The molecule has 100 valence electrons. The van der Waals surface area contributed by atoms with Crippen molar-refractivity contribution in [2.24, 2.45) is 11.8 Å². The Morgan fingerprint density at radius 2 is 2.41 bits per heavy atom. The van der Waals surface area contributed by atoms with E-state index in [0.29, 0.717) is 18.3 Å². The van der Waals surface area contributed by atoms with Gasteiger partial charge in [0.15, 0.2) is 0 Å². The van der Waals surface area contributed by atoms with Gasteiger partial charge in [-0.15, -0.1) is 0 Å². The molecule has 0 radical (unpaired) electrons. The summed E-state index contributed by atoms with van der Waals surface area (Å²) < 4.78 is 0. The van der Waals surface area contributed by atoms with Crippen LogP contribution in [-0.4, -0.2) is 37.3 Å². The Labute approximate surface area is 104 Å². The molecule has 0 spiro atoms. The zero-order valence-electron chi connectivity index (χ0n) is 10.9. The summed E-state index contributed by atoms with van der Waals surface area (Å²) in [6.07, 6.45) is 4.80. The maximum atomic E-state index is 11.5. The molecule has 0 bridgehead atoms. The molecule has 1 rings (SSSR count). The lowest BCUT2D eigenvalue weighted by molar-refractivity contribution is -0.121. The van der Waals surface area contributed by atoms with Crippen molar-refractivity contribution >= 4 is 5.91 Å². The molecule has 1 fully saturated rings. The van der Waals surface area contributed by atoms with E-state index in [1.165, 1.54) is 6.42 Å². The molecule has 1 aliphatic rings. The van der Waals surface area contributed by atoms with E-state index in [1.807, 2.05) is 6.92 Å². The van der Waals surface area contributed by atoms with Crippen molar-refractivity contribution in [2.75, 3.05) is 26.2 Å². The van der Waals surface area contributed by atoms with Crippen LogP contribution in [0.25, 0.3) is 0 Å². The van der Waals surface area contributed by atoms with Crippen molar-refractivity contribution in [3.05, 3.63) is 0 Å². The first-order chi connectivity index (χ1) is 8.22. The predicted octanol–water partition coefficient (Wildman–Crippen LogP) is 0.901. The van der Waals surface area contributed by atoms with E-state index < -0.39 is 0 Å². The van der Waals surface area contributed by atoms with Gasteiger partial charge in [-0.2, -0.15) is 0 Å². The van der Waals surface area contributed by atoms with E-state index in [0.717, 1.165) is 38.9 Å². The highest BCUT2D eigenvalue weighted by atomic mass is 16.3. The first-order valence-electron chi connectivity index (χ1n) is 6.80. The predicted molar refractivity (Wildman–Crippen MR) is 68.7 cm³/mol. The standard InChI is InChI=1S/C13H26N2O2/c1-11(10-16)3-2-7-15-13(17)5-4-12-6-8-14-9-12/h11-12,14,16H,2-10H2,1H3,(H,15,17). The Hall–Kier alpha value is -0.610. The van der Waals surface area contributed by atoms with E-state index in [-0.39, 0.29) is 12.5 Å². The third-order valence-corrected chi connectivity index (χ3v) is 3.45. The van der Waals surface area contributed by atoms with Crippen molar-refractivity contribution in [1.82, 2.24) is 10.6 Å². The second kappa shape index (κ2) is 8.48. The summed E-state index contributed by atoms with van der Waals surface area (Å²) in [5, 5.41) is 15.1. The minimum Gasteiger partial charge on any atom is -0.396 e. The van der Waals surface area contributed by atoms with Gasteiger partial charge in [-0.3, -0.25) is 4.79 Å². The van der Waals surface area contributed by atoms with Gasteiger partial charge in [0.25, 0.3) is 0 Å². The lowest BCUT2D eigenvalue weighted by Gasteiger charge is -2.10. The van der Waals surface area contributed by atoms with Crippen LogP contribution in [0.2, 0.25) is 0 Å². The molecule has 4 nitrogen and oxygen atoms in total. The van der Waals surface area contributed by atoms with Gasteiger partial charge < -0.3 is 15.7 Å². The molecule has 0 aromatic carbocycles. The summed E-state index contributed by atoms with van der Waals surface area (Å²) in [6.45, 7) is 5.18. The number of hydrogen-bond donors (Lipinski definition) is 3. The average Bonchev–Trinajstić information content (AvgIpc) is 2.84. The summed E-state index contributed by atoms with van der Waals surface area (Å²) in [5.74, 6) is 1.21. The largest absolute Gasteiger partial charge is 0.396 e. The van der Waals surface area contributed by atoms with Crippen molar-refractivity contribution in [1.29, 1.82) is 0 Å². The summed E-state index contributed by atoms with van der Waals surface area (Å²) in [6, 6.07) is 0. The van der Waals surface area contributed by atoms with E-state index in [2.05, 4.69) is 10.6 Å². The molecule has 1 amide bonds. The Morgan fingerprint density at radius 1 is 1.59 bits per heavy atom. The van der Waals surface area contributed by atoms with Crippen LogP contribution in [0.4, 0.5) is 0 Å². The quantitative estimate of drug-likeness (QED) is 0.554. The number of hydrogen-bond acceptors (Lipinski definition) is 3. The van der Waals surface area contributed by atoms with Crippen LogP contribution >= 0.6 is 0 Å². The second-order valence-corrected chi connectivity index (χ2v) is 5.18. The lowest BCUT2D eigenvalue weighted by Crippen LogP contribution is -2.25. The van der Waals surface area contributed by atoms with Crippen LogP contribution in [0.15, 0.2) is 0 Å². The maximum Gasteiger partial charge on any atom is 0.220 e. The van der Waals surface area contributed by atoms with Crippen LogP contribution in [0.3, 0.4) is 0 Å². The smallest absolute Gasteiger partial charge is 0.220 e. The van der Waals surface area contributed by atoms with Gasteiger partial charge in [-0.1, -0.05) is 6.92 Å². The zero-order valence-corrected chi connectivity index (χ0v) is 10.9. The van der Waals surface area contributed by atoms with Gasteiger partial charge in [0.2, 0.25) is 5.91 Å². The van der Waals surface area contributed by atoms with Gasteiger partial charge >= 0.3 is 0 Å². The SMILES string of the molecule is CC(CO)CCCNC(=O)CCC1CCNC1. The first kappa shape index (κ1) is 14.5. The molecule has 0 aromatic heterocycles. The molecule has 4 heteroatoms. The number of carbonyl (C=O) groups is 1. The highest BCUT2D eigenvalue weighted by Crippen LogP contribution is 2.13. The molecular weight excluding hydrogens is 216 g/mol. The second-order valence-electron chi connectivity index (χ2n) is 5.18. The molecule has 0 aromatic rings. The van der Waals surface area contributed by atoms with Crippen LogP contribution in [0.5, 0.6) is 0 Å². The van der Waals surface area contributed by atoms with Gasteiger partial charge in [0, 0.05) is 19.6 Å². The van der Waals surface area contributed by atoms with E-state index in [9.17, 15) is 4.79 Å². The molecule has 1 saturated heterocycles. The Kier molecular flexibility index (Phi) is 7.21. The number of carbonyl (C=O) groups excluding carboxylic acids is 1. The molecule has 1 heterocycles. The monoisotopic (exact) mass is 242 g/mol. The van der Waals surface area contributed by atoms with Crippen molar-refractivity contribution in [3.8, 4) is 0 Å². The molecule has 2 atom stereocenters. The normalized spacial score (nSPS) is 21.4. The van der Waals surface area contributed by atoms with Gasteiger partial charge in [-0.05, 0) is 50.6 Å². The third-order valence-electron chi connectivity index (χ3n) is 3.45. The first-order valence-corrected chi connectivity index (χ1v) is 6.80. The highest BCUT2D eigenvalue weighted by Gasteiger charge is 2.15. The summed E-state index contributed by atoms with van der Waals surface area (Å²) in [5.41, 5.74) is 0. The Balaban J connectivity index is 1.93. The number of aliphatic hydroxyl groups excluding tert-OH is 1. The molecule has 1 aliphatic heterocycles. The minimum absolute atomic E-state index is 0.175. The number of amides is 1. The van der Waals surface area contributed by atoms with Gasteiger partial charge in [-0.25, -0.2) is 0 Å². The van der Waals surface area contributed by atoms with Crippen molar-refractivity contribution in [2.45, 2.75) is 39.0 Å².